The molecule has 6 heteroatoms. The van der Waals surface area contributed by atoms with Gasteiger partial charge in [0, 0.05) is 0 Å². The van der Waals surface area contributed by atoms with E-state index in [2.05, 4.69) is 9.97 Å². The number of hydrogen-bond donors (Lipinski definition) is 0. The fourth-order valence-corrected chi connectivity index (χ4v) is 1.58. The van der Waals surface area contributed by atoms with E-state index in [1.54, 1.807) is 24.3 Å². The van der Waals surface area contributed by atoms with Crippen molar-refractivity contribution in [3.8, 4) is 11.4 Å². The van der Waals surface area contributed by atoms with Crippen LogP contribution in [0.3, 0.4) is 0 Å². The average molecular weight is 281 g/mol. The molecule has 0 aromatic carbocycles. The monoisotopic (exact) mass is 280 g/mol. The van der Waals surface area contributed by atoms with E-state index in [0.717, 1.165) is 0 Å². The van der Waals surface area contributed by atoms with Gasteiger partial charge in [0.25, 0.3) is 10.5 Å². The third kappa shape index (κ3) is 2.72. The van der Waals surface area contributed by atoms with Gasteiger partial charge in [-0.1, -0.05) is 12.1 Å². The van der Waals surface area contributed by atoms with Crippen molar-refractivity contribution < 1.29 is 9.59 Å². The zero-order valence-corrected chi connectivity index (χ0v) is 10.4. The van der Waals surface area contributed by atoms with Crippen LogP contribution in [0.25, 0.3) is 11.4 Å². The van der Waals surface area contributed by atoms with E-state index in [0.29, 0.717) is 11.4 Å². The van der Waals surface area contributed by atoms with Gasteiger partial charge in [0.1, 0.15) is 11.4 Å². The maximum Gasteiger partial charge on any atom is 0.270 e. The summed E-state index contributed by atoms with van der Waals surface area (Å²) in [5.41, 5.74) is 1.14. The first kappa shape index (κ1) is 12.7. The van der Waals surface area contributed by atoms with Gasteiger partial charge in [0.05, 0.1) is 11.4 Å². The van der Waals surface area contributed by atoms with Crippen molar-refractivity contribution in [2.75, 3.05) is 0 Å². The van der Waals surface area contributed by atoms with Crippen LogP contribution in [-0.4, -0.2) is 20.5 Å². The highest BCUT2D eigenvalue weighted by atomic mass is 35.5. The molecule has 2 rings (SSSR count). The van der Waals surface area contributed by atoms with Crippen LogP contribution in [0.2, 0.25) is 0 Å². The van der Waals surface area contributed by atoms with Crippen molar-refractivity contribution in [2.24, 2.45) is 0 Å². The normalized spacial score (nSPS) is 10.1. The molecule has 0 N–H and O–H groups in total. The Morgan fingerprint density at radius 3 is 1.50 bits per heavy atom. The van der Waals surface area contributed by atoms with Crippen molar-refractivity contribution >= 4 is 33.7 Å². The Labute approximate surface area is 113 Å². The lowest BCUT2D eigenvalue weighted by molar-refractivity contribution is 0.106. The van der Waals surface area contributed by atoms with Crippen LogP contribution in [0.5, 0.6) is 0 Å². The van der Waals surface area contributed by atoms with Crippen molar-refractivity contribution in [3.63, 3.8) is 0 Å². The van der Waals surface area contributed by atoms with Crippen molar-refractivity contribution in [3.05, 3.63) is 47.8 Å². The molecular formula is C12H6Cl2N2O2. The number of pyridine rings is 2. The second-order valence-corrected chi connectivity index (χ2v) is 4.05. The second kappa shape index (κ2) is 5.25. The molecule has 0 amide bonds. The van der Waals surface area contributed by atoms with Gasteiger partial charge in [-0.2, -0.15) is 0 Å². The van der Waals surface area contributed by atoms with Crippen LogP contribution in [0.1, 0.15) is 21.0 Å². The van der Waals surface area contributed by atoms with E-state index < -0.39 is 10.5 Å². The quantitative estimate of drug-likeness (QED) is 0.811. The summed E-state index contributed by atoms with van der Waals surface area (Å²) in [7, 11) is 0. The minimum Gasteiger partial charge on any atom is -0.274 e. The number of nitrogens with zero attached hydrogens (tertiary/aromatic N) is 2. The van der Waals surface area contributed by atoms with Crippen LogP contribution < -0.4 is 0 Å². The van der Waals surface area contributed by atoms with E-state index in [4.69, 9.17) is 23.2 Å². The summed E-state index contributed by atoms with van der Waals surface area (Å²) in [6, 6.07) is 9.58. The molecule has 90 valence electrons. The summed E-state index contributed by atoms with van der Waals surface area (Å²) in [5.74, 6) is 0. The van der Waals surface area contributed by atoms with E-state index in [9.17, 15) is 9.59 Å². The Hall–Kier alpha value is -1.78. The Morgan fingerprint density at radius 2 is 1.17 bits per heavy atom. The number of rotatable bonds is 3. The van der Waals surface area contributed by atoms with E-state index >= 15 is 0 Å². The molecule has 2 aromatic rings. The SMILES string of the molecule is O=C(Cl)c1cccc(-c2cccc(C(=O)Cl)n2)n1. The highest BCUT2D eigenvalue weighted by molar-refractivity contribution is 6.67. The standard InChI is InChI=1S/C12H6Cl2N2O2/c13-11(17)9-5-1-3-7(15-9)8-4-2-6-10(16-8)12(14)18/h1-6H. The van der Waals surface area contributed by atoms with Gasteiger partial charge >= 0.3 is 0 Å². The molecular weight excluding hydrogens is 275 g/mol. The summed E-state index contributed by atoms with van der Waals surface area (Å²) in [6.07, 6.45) is 0. The number of halogens is 2. The molecule has 0 unspecified atom stereocenters. The van der Waals surface area contributed by atoms with Crippen LogP contribution in [0.15, 0.2) is 36.4 Å². The van der Waals surface area contributed by atoms with E-state index in [-0.39, 0.29) is 11.4 Å². The lowest BCUT2D eigenvalue weighted by atomic mass is 10.2. The van der Waals surface area contributed by atoms with Gasteiger partial charge < -0.3 is 0 Å². The molecule has 0 aliphatic carbocycles. The largest absolute Gasteiger partial charge is 0.274 e. The van der Waals surface area contributed by atoms with Gasteiger partial charge in [0.2, 0.25) is 0 Å². The average Bonchev–Trinajstić information content (AvgIpc) is 2.39. The Kier molecular flexibility index (Phi) is 3.69. The fourth-order valence-electron chi connectivity index (χ4n) is 1.37. The molecule has 18 heavy (non-hydrogen) atoms. The first-order chi connectivity index (χ1) is 8.58. The van der Waals surface area contributed by atoms with Crippen molar-refractivity contribution in [1.29, 1.82) is 0 Å². The summed E-state index contributed by atoms with van der Waals surface area (Å²) in [5, 5.41) is -1.30. The molecule has 2 aromatic heterocycles. The first-order valence-electron chi connectivity index (χ1n) is 4.92. The third-order valence-electron chi connectivity index (χ3n) is 2.16. The van der Waals surface area contributed by atoms with Crippen molar-refractivity contribution in [2.45, 2.75) is 0 Å². The molecule has 0 aliphatic heterocycles. The molecule has 0 spiro atoms. The van der Waals surface area contributed by atoms with E-state index in [1.807, 2.05) is 0 Å². The van der Waals surface area contributed by atoms with Gasteiger partial charge in [-0.25, -0.2) is 9.97 Å². The number of hydrogen-bond acceptors (Lipinski definition) is 4. The lowest BCUT2D eigenvalue weighted by Gasteiger charge is -2.02. The molecule has 0 saturated heterocycles. The lowest BCUT2D eigenvalue weighted by Crippen LogP contribution is -1.99. The Morgan fingerprint density at radius 1 is 0.778 bits per heavy atom. The molecule has 0 aliphatic rings. The molecule has 2 heterocycles. The first-order valence-corrected chi connectivity index (χ1v) is 5.67. The molecule has 0 radical (unpaired) electrons. The number of aromatic nitrogens is 2. The van der Waals surface area contributed by atoms with Gasteiger partial charge in [-0.05, 0) is 47.5 Å². The van der Waals surface area contributed by atoms with Gasteiger partial charge in [-0.3, -0.25) is 9.59 Å². The zero-order valence-electron chi connectivity index (χ0n) is 8.93. The topological polar surface area (TPSA) is 59.9 Å². The van der Waals surface area contributed by atoms with Crippen LogP contribution in [-0.2, 0) is 0 Å². The zero-order chi connectivity index (χ0) is 13.1. The Bertz CT molecular complexity index is 573. The van der Waals surface area contributed by atoms with Crippen molar-refractivity contribution in [1.82, 2.24) is 9.97 Å². The van der Waals surface area contributed by atoms with Crippen LogP contribution in [0, 0.1) is 0 Å². The molecule has 0 atom stereocenters. The minimum absolute atomic E-state index is 0.124. The summed E-state index contributed by atoms with van der Waals surface area (Å²) >= 11 is 10.7. The predicted molar refractivity (Wildman–Crippen MR) is 67.8 cm³/mol. The van der Waals surface area contributed by atoms with E-state index in [1.165, 1.54) is 12.1 Å². The van der Waals surface area contributed by atoms with Crippen LogP contribution >= 0.6 is 23.2 Å². The van der Waals surface area contributed by atoms with Crippen LogP contribution in [0.4, 0.5) is 0 Å². The third-order valence-corrected chi connectivity index (χ3v) is 2.55. The summed E-state index contributed by atoms with van der Waals surface area (Å²) in [6.45, 7) is 0. The highest BCUT2D eigenvalue weighted by Gasteiger charge is 2.09. The highest BCUT2D eigenvalue weighted by Crippen LogP contribution is 2.16. The molecule has 4 nitrogen and oxygen atoms in total. The number of carbonyl (C=O) groups excluding carboxylic acids is 2. The molecule has 0 fully saturated rings. The van der Waals surface area contributed by atoms with Gasteiger partial charge in [-0.15, -0.1) is 0 Å². The fraction of sp³-hybridized carbons (Fsp3) is 0. The number of carbonyl (C=O) groups is 2. The van der Waals surface area contributed by atoms with Gasteiger partial charge in [0.15, 0.2) is 0 Å². The Balaban J connectivity index is 2.48. The minimum atomic E-state index is -0.651. The molecule has 0 bridgehead atoms. The smallest absolute Gasteiger partial charge is 0.270 e. The predicted octanol–water partition coefficient (Wildman–Crippen LogP) is 2.90. The molecule has 0 saturated carbocycles. The summed E-state index contributed by atoms with van der Waals surface area (Å²) < 4.78 is 0. The maximum atomic E-state index is 11.0. The second-order valence-electron chi connectivity index (χ2n) is 3.36. The maximum absolute atomic E-state index is 11.0. The summed E-state index contributed by atoms with van der Waals surface area (Å²) in [4.78, 5) is 30.1.